The largest absolute Gasteiger partial charge is 0.342 e. The number of aromatic nitrogens is 1. The van der Waals surface area contributed by atoms with Gasteiger partial charge in [-0.3, -0.25) is 4.79 Å². The zero-order chi connectivity index (χ0) is 15.6. The van der Waals surface area contributed by atoms with Crippen LogP contribution in [0.15, 0.2) is 5.38 Å². The molecule has 23 heavy (non-hydrogen) atoms. The number of nitrogens with zero attached hydrogens (tertiary/aromatic N) is 2. The molecule has 0 saturated carbocycles. The highest BCUT2D eigenvalue weighted by Crippen LogP contribution is 2.26. The third-order valence-electron chi connectivity index (χ3n) is 4.08. The van der Waals surface area contributed by atoms with Crippen LogP contribution in [0.4, 0.5) is 0 Å². The summed E-state index contributed by atoms with van der Waals surface area (Å²) in [7, 11) is 0. The first-order chi connectivity index (χ1) is 9.77. The van der Waals surface area contributed by atoms with E-state index < -0.39 is 0 Å². The number of nitrogens with two attached hydrogens (primary N) is 1. The van der Waals surface area contributed by atoms with Gasteiger partial charge in [0, 0.05) is 29.9 Å². The van der Waals surface area contributed by atoms with Gasteiger partial charge < -0.3 is 10.6 Å². The molecule has 1 saturated heterocycles. The lowest BCUT2D eigenvalue weighted by molar-refractivity contribution is -0.132. The van der Waals surface area contributed by atoms with E-state index in [4.69, 9.17) is 5.73 Å². The quantitative estimate of drug-likeness (QED) is 0.872. The zero-order valence-corrected chi connectivity index (χ0v) is 16.8. The van der Waals surface area contributed by atoms with Crippen LogP contribution in [0.3, 0.4) is 0 Å². The summed E-state index contributed by atoms with van der Waals surface area (Å²) < 4.78 is 0. The normalized spacial score (nSPS) is 19.5. The summed E-state index contributed by atoms with van der Waals surface area (Å²) in [6, 6.07) is 0.160. The first kappa shape index (κ1) is 22.6. The molecule has 1 aliphatic rings. The molecule has 0 spiro atoms. The first-order valence-electron chi connectivity index (χ1n) is 7.75. The van der Waals surface area contributed by atoms with Crippen molar-refractivity contribution in [2.75, 3.05) is 13.1 Å². The van der Waals surface area contributed by atoms with Gasteiger partial charge in [-0.25, -0.2) is 4.98 Å². The van der Waals surface area contributed by atoms with Gasteiger partial charge in [0.15, 0.2) is 0 Å². The molecule has 1 fully saturated rings. The fourth-order valence-corrected chi connectivity index (χ4v) is 3.57. The molecule has 0 aliphatic carbocycles. The number of carbonyl (C=O) groups is 1. The van der Waals surface area contributed by atoms with Crippen molar-refractivity contribution in [3.63, 3.8) is 0 Å². The molecule has 2 N–H and O–H groups in total. The SMILES string of the molecule is CC(N)C1CCCN(C(=O)Cc2csc(C(C)(C)C)n2)C1.Cl.Cl. The van der Waals surface area contributed by atoms with E-state index in [1.165, 1.54) is 0 Å². The third-order valence-corrected chi connectivity index (χ3v) is 5.40. The molecule has 0 aromatic carbocycles. The Hall–Kier alpha value is -0.360. The van der Waals surface area contributed by atoms with Gasteiger partial charge in [0.1, 0.15) is 0 Å². The van der Waals surface area contributed by atoms with E-state index in [0.717, 1.165) is 36.6 Å². The third kappa shape index (κ3) is 6.22. The van der Waals surface area contributed by atoms with Crippen LogP contribution in [0, 0.1) is 5.92 Å². The number of rotatable bonds is 3. The Morgan fingerprint density at radius 2 is 2.13 bits per heavy atom. The Morgan fingerprint density at radius 3 is 2.65 bits per heavy atom. The van der Waals surface area contributed by atoms with Crippen LogP contribution in [0.1, 0.15) is 51.2 Å². The lowest BCUT2D eigenvalue weighted by Crippen LogP contribution is -2.45. The van der Waals surface area contributed by atoms with Crippen molar-refractivity contribution in [1.82, 2.24) is 9.88 Å². The Balaban J connectivity index is 0.00000242. The van der Waals surface area contributed by atoms with Crippen molar-refractivity contribution in [3.05, 3.63) is 16.1 Å². The lowest BCUT2D eigenvalue weighted by Gasteiger charge is -2.34. The molecule has 0 radical (unpaired) electrons. The second-order valence-corrected chi connectivity index (χ2v) is 8.03. The maximum atomic E-state index is 12.4. The number of carbonyl (C=O) groups excluding carboxylic acids is 1. The van der Waals surface area contributed by atoms with Crippen LogP contribution in [-0.2, 0) is 16.6 Å². The number of hydrogen-bond acceptors (Lipinski definition) is 4. The minimum absolute atomic E-state index is 0. The van der Waals surface area contributed by atoms with Crippen molar-refractivity contribution < 1.29 is 4.79 Å². The van der Waals surface area contributed by atoms with E-state index in [1.54, 1.807) is 11.3 Å². The van der Waals surface area contributed by atoms with Crippen molar-refractivity contribution in [2.45, 2.75) is 58.4 Å². The standard InChI is InChI=1S/C16H27N3OS.2ClH/c1-11(17)12-6-5-7-19(9-12)14(20)8-13-10-21-15(18-13)16(2,3)4;;/h10-12H,5-9,17H2,1-4H3;2*1H. The van der Waals surface area contributed by atoms with Crippen molar-refractivity contribution in [2.24, 2.45) is 11.7 Å². The monoisotopic (exact) mass is 381 g/mol. The minimum Gasteiger partial charge on any atom is -0.342 e. The molecule has 1 aliphatic heterocycles. The van der Waals surface area contributed by atoms with Crippen molar-refractivity contribution in [1.29, 1.82) is 0 Å². The van der Waals surface area contributed by atoms with E-state index in [2.05, 4.69) is 25.8 Å². The van der Waals surface area contributed by atoms with E-state index in [9.17, 15) is 4.79 Å². The summed E-state index contributed by atoms with van der Waals surface area (Å²) in [5, 5.41) is 3.11. The number of halogens is 2. The fraction of sp³-hybridized carbons (Fsp3) is 0.750. The number of thiazole rings is 1. The number of amides is 1. The summed E-state index contributed by atoms with van der Waals surface area (Å²) in [6.07, 6.45) is 2.60. The van der Waals surface area contributed by atoms with E-state index >= 15 is 0 Å². The van der Waals surface area contributed by atoms with Crippen LogP contribution >= 0.6 is 36.2 Å². The number of piperidine rings is 1. The molecular weight excluding hydrogens is 353 g/mol. The molecule has 1 aromatic heterocycles. The molecular formula is C16H29Cl2N3OS. The van der Waals surface area contributed by atoms with Gasteiger partial charge in [-0.2, -0.15) is 0 Å². The fourth-order valence-electron chi connectivity index (χ4n) is 2.67. The average Bonchev–Trinajstić information content (AvgIpc) is 2.87. The van der Waals surface area contributed by atoms with Gasteiger partial charge in [-0.05, 0) is 25.7 Å². The van der Waals surface area contributed by atoms with Gasteiger partial charge in [0.05, 0.1) is 17.1 Å². The average molecular weight is 382 g/mol. The van der Waals surface area contributed by atoms with E-state index in [0.29, 0.717) is 12.3 Å². The van der Waals surface area contributed by atoms with Crippen LogP contribution in [0.5, 0.6) is 0 Å². The van der Waals surface area contributed by atoms with Crippen molar-refractivity contribution >= 4 is 42.1 Å². The highest BCUT2D eigenvalue weighted by Gasteiger charge is 2.26. The van der Waals surface area contributed by atoms with E-state index in [1.807, 2.05) is 17.2 Å². The molecule has 134 valence electrons. The summed E-state index contributed by atoms with van der Waals surface area (Å²) in [4.78, 5) is 19.0. The summed E-state index contributed by atoms with van der Waals surface area (Å²) in [6.45, 7) is 10.1. The van der Waals surface area contributed by atoms with Gasteiger partial charge in [-0.1, -0.05) is 20.8 Å². The molecule has 0 bridgehead atoms. The van der Waals surface area contributed by atoms with Gasteiger partial charge >= 0.3 is 0 Å². The number of likely N-dealkylation sites (tertiary alicyclic amines) is 1. The van der Waals surface area contributed by atoms with Gasteiger partial charge in [0.2, 0.25) is 5.91 Å². The molecule has 4 nitrogen and oxygen atoms in total. The topological polar surface area (TPSA) is 59.2 Å². The molecule has 1 aromatic rings. The Kier molecular flexibility index (Phi) is 9.06. The van der Waals surface area contributed by atoms with Crippen LogP contribution in [-0.4, -0.2) is 34.9 Å². The van der Waals surface area contributed by atoms with Crippen LogP contribution in [0.25, 0.3) is 0 Å². The van der Waals surface area contributed by atoms with Crippen molar-refractivity contribution in [3.8, 4) is 0 Å². The second-order valence-electron chi connectivity index (χ2n) is 7.17. The number of hydrogen-bond donors (Lipinski definition) is 1. The molecule has 2 rings (SSSR count). The summed E-state index contributed by atoms with van der Waals surface area (Å²) in [5.41, 5.74) is 6.94. The predicted octanol–water partition coefficient (Wildman–Crippen LogP) is 3.41. The molecule has 2 atom stereocenters. The molecule has 1 amide bonds. The smallest absolute Gasteiger partial charge is 0.228 e. The Bertz CT molecular complexity index is 500. The highest BCUT2D eigenvalue weighted by molar-refractivity contribution is 7.09. The summed E-state index contributed by atoms with van der Waals surface area (Å²) >= 11 is 1.65. The summed E-state index contributed by atoms with van der Waals surface area (Å²) in [5.74, 6) is 0.620. The molecule has 7 heteroatoms. The van der Waals surface area contributed by atoms with Crippen LogP contribution in [0.2, 0.25) is 0 Å². The Labute approximate surface area is 156 Å². The second kappa shape index (κ2) is 9.21. The maximum absolute atomic E-state index is 12.4. The maximum Gasteiger partial charge on any atom is 0.228 e. The Morgan fingerprint density at radius 1 is 1.48 bits per heavy atom. The molecule has 2 unspecified atom stereocenters. The predicted molar refractivity (Wildman–Crippen MR) is 102 cm³/mol. The minimum atomic E-state index is 0. The van der Waals surface area contributed by atoms with E-state index in [-0.39, 0.29) is 42.2 Å². The highest BCUT2D eigenvalue weighted by atomic mass is 35.5. The zero-order valence-electron chi connectivity index (χ0n) is 14.4. The first-order valence-corrected chi connectivity index (χ1v) is 8.63. The van der Waals surface area contributed by atoms with Crippen LogP contribution < -0.4 is 5.73 Å². The molecule has 2 heterocycles. The van der Waals surface area contributed by atoms with Gasteiger partial charge in [0.25, 0.3) is 0 Å². The lowest BCUT2D eigenvalue weighted by atomic mass is 9.92. The van der Waals surface area contributed by atoms with Gasteiger partial charge in [-0.15, -0.1) is 36.2 Å².